The van der Waals surface area contributed by atoms with Gasteiger partial charge in [-0.1, -0.05) is 5.92 Å². The highest BCUT2D eigenvalue weighted by Gasteiger charge is 2.52. The summed E-state index contributed by atoms with van der Waals surface area (Å²) in [5, 5.41) is 0. The van der Waals surface area contributed by atoms with Gasteiger partial charge in [-0.05, 0) is 87.5 Å². The van der Waals surface area contributed by atoms with Gasteiger partial charge >= 0.3 is 0 Å². The van der Waals surface area contributed by atoms with Crippen LogP contribution in [0.3, 0.4) is 0 Å². The highest BCUT2D eigenvalue weighted by molar-refractivity contribution is 5.49. The van der Waals surface area contributed by atoms with Crippen molar-refractivity contribution in [3.05, 3.63) is 24.3 Å². The molecule has 4 saturated carbocycles. The van der Waals surface area contributed by atoms with Gasteiger partial charge in [0.1, 0.15) is 11.4 Å². The molecule has 0 spiro atoms. The second-order valence-corrected chi connectivity index (χ2v) is 7.98. The third kappa shape index (κ3) is 2.94. The van der Waals surface area contributed by atoms with Gasteiger partial charge in [-0.2, -0.15) is 0 Å². The molecule has 0 aliphatic heterocycles. The Morgan fingerprint density at radius 3 is 2.13 bits per heavy atom. The average molecular weight is 309 g/mol. The van der Waals surface area contributed by atoms with Gasteiger partial charge in [0.25, 0.3) is 0 Å². The van der Waals surface area contributed by atoms with Crippen LogP contribution in [0.15, 0.2) is 24.3 Å². The number of rotatable bonds is 4. The zero-order chi connectivity index (χ0) is 15.9. The van der Waals surface area contributed by atoms with Crippen molar-refractivity contribution in [2.24, 2.45) is 17.8 Å². The number of hydrogen-bond donors (Lipinski definition) is 0. The van der Waals surface area contributed by atoms with E-state index in [2.05, 4.69) is 48.1 Å². The Bertz CT molecular complexity index is 586. The fourth-order valence-corrected chi connectivity index (χ4v) is 5.46. The molecule has 4 aliphatic rings. The molecule has 5 rings (SSSR count). The zero-order valence-electron chi connectivity index (χ0n) is 14.3. The van der Waals surface area contributed by atoms with Crippen molar-refractivity contribution in [3.8, 4) is 17.6 Å². The Morgan fingerprint density at radius 2 is 1.61 bits per heavy atom. The van der Waals surface area contributed by atoms with Gasteiger partial charge in [-0.3, -0.25) is 0 Å². The van der Waals surface area contributed by atoms with E-state index in [1.54, 1.807) is 0 Å². The van der Waals surface area contributed by atoms with E-state index < -0.39 is 0 Å². The summed E-state index contributed by atoms with van der Waals surface area (Å²) < 4.78 is 6.58. The van der Waals surface area contributed by atoms with Crippen molar-refractivity contribution in [2.75, 3.05) is 18.5 Å². The van der Waals surface area contributed by atoms with Crippen LogP contribution in [-0.4, -0.2) is 19.2 Å². The standard InChI is InChI=1S/C21H27NO/c1-3-4-9-22(2)19-5-7-20(8-6-19)23-21-13-16-10-17(14-21)12-18(11-16)15-21/h5-8,16-18H,9-15H2,1-2H3. The lowest BCUT2D eigenvalue weighted by Crippen LogP contribution is -2.53. The molecule has 4 bridgehead atoms. The molecule has 1 aromatic rings. The molecule has 0 aromatic heterocycles. The van der Waals surface area contributed by atoms with Crippen LogP contribution >= 0.6 is 0 Å². The molecule has 4 aliphatic carbocycles. The van der Waals surface area contributed by atoms with Crippen LogP contribution in [-0.2, 0) is 0 Å². The molecule has 122 valence electrons. The van der Waals surface area contributed by atoms with Crippen LogP contribution in [0.4, 0.5) is 5.69 Å². The molecule has 0 atom stereocenters. The van der Waals surface area contributed by atoms with Gasteiger partial charge < -0.3 is 9.64 Å². The molecular formula is C21H27NO. The molecule has 0 N–H and O–H groups in total. The molecular weight excluding hydrogens is 282 g/mol. The lowest BCUT2D eigenvalue weighted by molar-refractivity contribution is -0.107. The molecule has 2 heteroatoms. The summed E-state index contributed by atoms with van der Waals surface area (Å²) in [7, 11) is 2.08. The zero-order valence-corrected chi connectivity index (χ0v) is 14.3. The minimum atomic E-state index is 0.149. The van der Waals surface area contributed by atoms with Crippen LogP contribution in [0.2, 0.25) is 0 Å². The Balaban J connectivity index is 1.46. The van der Waals surface area contributed by atoms with Gasteiger partial charge in [-0.25, -0.2) is 0 Å². The first kappa shape index (κ1) is 14.9. The summed E-state index contributed by atoms with van der Waals surface area (Å²) in [6, 6.07) is 8.61. The number of hydrogen-bond acceptors (Lipinski definition) is 2. The third-order valence-corrected chi connectivity index (χ3v) is 6.09. The molecule has 23 heavy (non-hydrogen) atoms. The Morgan fingerprint density at radius 1 is 1.04 bits per heavy atom. The molecule has 0 radical (unpaired) electrons. The van der Waals surface area contributed by atoms with Crippen molar-refractivity contribution in [1.29, 1.82) is 0 Å². The highest BCUT2D eigenvalue weighted by atomic mass is 16.5. The van der Waals surface area contributed by atoms with Gasteiger partial charge in [0.2, 0.25) is 0 Å². The first-order valence-corrected chi connectivity index (χ1v) is 9.06. The van der Waals surface area contributed by atoms with Gasteiger partial charge in [-0.15, -0.1) is 5.92 Å². The van der Waals surface area contributed by atoms with E-state index in [0.29, 0.717) is 0 Å². The van der Waals surface area contributed by atoms with E-state index in [-0.39, 0.29) is 5.60 Å². The maximum atomic E-state index is 6.58. The fraction of sp³-hybridized carbons (Fsp3) is 0.619. The Kier molecular flexibility index (Phi) is 3.76. The number of anilines is 1. The van der Waals surface area contributed by atoms with Crippen LogP contribution in [0.1, 0.15) is 45.4 Å². The topological polar surface area (TPSA) is 12.5 Å². The maximum absolute atomic E-state index is 6.58. The second-order valence-electron chi connectivity index (χ2n) is 7.98. The van der Waals surface area contributed by atoms with Crippen molar-refractivity contribution in [2.45, 2.75) is 51.0 Å². The second kappa shape index (κ2) is 5.78. The molecule has 0 unspecified atom stereocenters. The SMILES string of the molecule is CC#CCN(C)c1ccc(OC23CC4CC(CC(C4)C2)C3)cc1. The predicted molar refractivity (Wildman–Crippen MR) is 94.7 cm³/mol. The van der Waals surface area contributed by atoms with Crippen molar-refractivity contribution in [1.82, 2.24) is 0 Å². The summed E-state index contributed by atoms with van der Waals surface area (Å²) in [5.74, 6) is 9.89. The summed E-state index contributed by atoms with van der Waals surface area (Å²) in [6.45, 7) is 2.65. The highest BCUT2D eigenvalue weighted by Crippen LogP contribution is 2.57. The van der Waals surface area contributed by atoms with Crippen molar-refractivity contribution < 1.29 is 4.74 Å². The molecule has 4 fully saturated rings. The average Bonchev–Trinajstić information content (AvgIpc) is 2.51. The summed E-state index contributed by atoms with van der Waals surface area (Å²) in [4.78, 5) is 2.17. The number of benzene rings is 1. The van der Waals surface area contributed by atoms with Crippen LogP contribution in [0.25, 0.3) is 0 Å². The summed E-state index contributed by atoms with van der Waals surface area (Å²) >= 11 is 0. The Hall–Kier alpha value is -1.62. The van der Waals surface area contributed by atoms with Crippen molar-refractivity contribution in [3.63, 3.8) is 0 Å². The minimum absolute atomic E-state index is 0.149. The molecule has 0 heterocycles. The normalized spacial score (nSPS) is 33.9. The largest absolute Gasteiger partial charge is 0.487 e. The Labute approximate surface area is 140 Å². The molecule has 0 amide bonds. The van der Waals surface area contributed by atoms with E-state index in [0.717, 1.165) is 30.0 Å². The fourth-order valence-electron chi connectivity index (χ4n) is 5.46. The maximum Gasteiger partial charge on any atom is 0.120 e. The predicted octanol–water partition coefficient (Wildman–Crippen LogP) is 4.49. The summed E-state index contributed by atoms with van der Waals surface area (Å²) in [6.07, 6.45) is 8.24. The summed E-state index contributed by atoms with van der Waals surface area (Å²) in [5.41, 5.74) is 1.35. The minimum Gasteiger partial charge on any atom is -0.487 e. The van der Waals surface area contributed by atoms with Gasteiger partial charge in [0.05, 0.1) is 6.54 Å². The molecule has 2 nitrogen and oxygen atoms in total. The third-order valence-electron chi connectivity index (χ3n) is 6.09. The monoisotopic (exact) mass is 309 g/mol. The quantitative estimate of drug-likeness (QED) is 0.760. The molecule has 1 aromatic carbocycles. The van der Waals surface area contributed by atoms with Crippen LogP contribution in [0.5, 0.6) is 5.75 Å². The van der Waals surface area contributed by atoms with Crippen LogP contribution < -0.4 is 9.64 Å². The lowest BCUT2D eigenvalue weighted by Gasteiger charge is -2.56. The van der Waals surface area contributed by atoms with Gasteiger partial charge in [0, 0.05) is 12.7 Å². The smallest absolute Gasteiger partial charge is 0.120 e. The van der Waals surface area contributed by atoms with Crippen LogP contribution in [0, 0.1) is 29.6 Å². The van der Waals surface area contributed by atoms with Gasteiger partial charge in [0.15, 0.2) is 0 Å². The van der Waals surface area contributed by atoms with E-state index in [4.69, 9.17) is 4.74 Å². The van der Waals surface area contributed by atoms with E-state index >= 15 is 0 Å². The van der Waals surface area contributed by atoms with E-state index in [9.17, 15) is 0 Å². The van der Waals surface area contributed by atoms with E-state index in [1.165, 1.54) is 44.2 Å². The number of nitrogens with zero attached hydrogens (tertiary/aromatic N) is 1. The van der Waals surface area contributed by atoms with E-state index in [1.807, 2.05) is 6.92 Å². The first-order valence-electron chi connectivity index (χ1n) is 9.06. The van der Waals surface area contributed by atoms with Crippen molar-refractivity contribution >= 4 is 5.69 Å². The molecule has 0 saturated heterocycles. The lowest BCUT2D eigenvalue weighted by atomic mass is 9.54. The number of ether oxygens (including phenoxy) is 1. The first-order chi connectivity index (χ1) is 11.2.